The summed E-state index contributed by atoms with van der Waals surface area (Å²) in [6.45, 7) is 0.214. The molecule has 0 heterocycles. The van der Waals surface area contributed by atoms with Crippen molar-refractivity contribution in [3.8, 4) is 0 Å². The van der Waals surface area contributed by atoms with Crippen molar-refractivity contribution in [3.63, 3.8) is 0 Å². The number of hydrogen-bond acceptors (Lipinski definition) is 2. The molecule has 0 aromatic rings. The molecular weight excluding hydrogens is 180 g/mol. The van der Waals surface area contributed by atoms with Gasteiger partial charge in [0.15, 0.2) is 0 Å². The van der Waals surface area contributed by atoms with Crippen LogP contribution in [0, 0.1) is 5.92 Å². The largest absolute Gasteiger partial charge is 0.478 e. The van der Waals surface area contributed by atoms with Gasteiger partial charge in [-0.25, -0.2) is 4.79 Å². The molecule has 0 bridgehead atoms. The molecule has 1 rings (SSSR count). The maximum absolute atomic E-state index is 10.8. The molecule has 1 aliphatic rings. The Morgan fingerprint density at radius 3 is 2.57 bits per heavy atom. The Balaban J connectivity index is 2.55. The topological polar surface area (TPSA) is 46.5 Å². The number of allylic oxidation sites excluding steroid dienone is 1. The Labute approximate surface area is 84.8 Å². The number of aliphatic carboxylic acids is 1. The van der Waals surface area contributed by atoms with Gasteiger partial charge in [-0.2, -0.15) is 0 Å². The van der Waals surface area contributed by atoms with Gasteiger partial charge in [0.1, 0.15) is 0 Å². The van der Waals surface area contributed by atoms with Crippen molar-refractivity contribution < 1.29 is 14.6 Å². The molecule has 0 spiro atoms. The fourth-order valence-electron chi connectivity index (χ4n) is 1.92. The van der Waals surface area contributed by atoms with Crippen LogP contribution in [-0.4, -0.2) is 24.8 Å². The van der Waals surface area contributed by atoms with Gasteiger partial charge >= 0.3 is 5.97 Å². The molecule has 0 amide bonds. The summed E-state index contributed by atoms with van der Waals surface area (Å²) in [7, 11) is 1.53. The van der Waals surface area contributed by atoms with Crippen molar-refractivity contribution in [1.82, 2.24) is 0 Å². The molecule has 0 aromatic heterocycles. The van der Waals surface area contributed by atoms with Crippen molar-refractivity contribution >= 4 is 5.97 Å². The Morgan fingerprint density at radius 1 is 1.43 bits per heavy atom. The van der Waals surface area contributed by atoms with E-state index in [0.717, 1.165) is 12.8 Å². The number of rotatable bonds is 4. The third-order valence-electron chi connectivity index (χ3n) is 2.66. The van der Waals surface area contributed by atoms with Gasteiger partial charge in [-0.3, -0.25) is 0 Å². The van der Waals surface area contributed by atoms with Crippen LogP contribution in [0.15, 0.2) is 11.6 Å². The quantitative estimate of drug-likeness (QED) is 0.704. The van der Waals surface area contributed by atoms with Gasteiger partial charge < -0.3 is 9.84 Å². The molecule has 1 fully saturated rings. The van der Waals surface area contributed by atoms with Crippen LogP contribution in [0.4, 0.5) is 0 Å². The maximum atomic E-state index is 10.8. The SMILES string of the molecule is COC/C(=C\C1CCCCC1)C(=O)O. The minimum Gasteiger partial charge on any atom is -0.478 e. The standard InChI is InChI=1S/C11H18O3/c1-14-8-10(11(12)13)7-9-5-3-2-4-6-9/h7,9H,2-6,8H2,1H3,(H,12,13)/b10-7+. The fourth-order valence-corrected chi connectivity index (χ4v) is 1.92. The second-order valence-electron chi connectivity index (χ2n) is 3.83. The third kappa shape index (κ3) is 3.50. The van der Waals surface area contributed by atoms with Gasteiger partial charge in [-0.15, -0.1) is 0 Å². The van der Waals surface area contributed by atoms with Gasteiger partial charge in [-0.05, 0) is 18.8 Å². The summed E-state index contributed by atoms with van der Waals surface area (Å²) in [5, 5.41) is 8.89. The van der Waals surface area contributed by atoms with E-state index in [4.69, 9.17) is 9.84 Å². The minimum atomic E-state index is -0.850. The number of hydrogen-bond donors (Lipinski definition) is 1. The highest BCUT2D eigenvalue weighted by Crippen LogP contribution is 2.25. The maximum Gasteiger partial charge on any atom is 0.333 e. The van der Waals surface area contributed by atoms with Crippen LogP contribution in [0.1, 0.15) is 32.1 Å². The molecule has 0 aliphatic heterocycles. The van der Waals surface area contributed by atoms with E-state index in [9.17, 15) is 4.79 Å². The zero-order valence-electron chi connectivity index (χ0n) is 8.66. The summed E-state index contributed by atoms with van der Waals surface area (Å²) in [6.07, 6.45) is 7.87. The number of carbonyl (C=O) groups is 1. The zero-order valence-corrected chi connectivity index (χ0v) is 8.66. The predicted octanol–water partition coefficient (Wildman–Crippen LogP) is 2.22. The van der Waals surface area contributed by atoms with Crippen LogP contribution in [0.25, 0.3) is 0 Å². The van der Waals surface area contributed by atoms with Crippen LogP contribution in [0.3, 0.4) is 0 Å². The lowest BCUT2D eigenvalue weighted by Crippen LogP contribution is -2.11. The molecule has 0 atom stereocenters. The summed E-state index contributed by atoms with van der Waals surface area (Å²) in [4.78, 5) is 10.8. The summed E-state index contributed by atoms with van der Waals surface area (Å²) in [5.74, 6) is -0.401. The number of carboxylic acid groups (broad SMARTS) is 1. The molecule has 3 nitrogen and oxygen atoms in total. The number of carboxylic acids is 1. The van der Waals surface area contributed by atoms with E-state index in [0.29, 0.717) is 11.5 Å². The monoisotopic (exact) mass is 198 g/mol. The number of ether oxygens (including phenoxy) is 1. The lowest BCUT2D eigenvalue weighted by atomic mass is 9.88. The lowest BCUT2D eigenvalue weighted by molar-refractivity contribution is -0.133. The van der Waals surface area contributed by atoms with Gasteiger partial charge in [-0.1, -0.05) is 25.3 Å². The van der Waals surface area contributed by atoms with Gasteiger partial charge in [0.05, 0.1) is 12.2 Å². The van der Waals surface area contributed by atoms with E-state index in [1.54, 1.807) is 0 Å². The van der Waals surface area contributed by atoms with E-state index in [-0.39, 0.29) is 6.61 Å². The minimum absolute atomic E-state index is 0.214. The van der Waals surface area contributed by atoms with Crippen molar-refractivity contribution in [1.29, 1.82) is 0 Å². The zero-order chi connectivity index (χ0) is 10.4. The first-order valence-corrected chi connectivity index (χ1v) is 5.17. The lowest BCUT2D eigenvalue weighted by Gasteiger charge is -2.18. The molecule has 1 N–H and O–H groups in total. The van der Waals surface area contributed by atoms with Gasteiger partial charge in [0.25, 0.3) is 0 Å². The molecule has 1 saturated carbocycles. The molecular formula is C11H18O3. The Bertz CT molecular complexity index is 215. The van der Waals surface area contributed by atoms with Crippen molar-refractivity contribution in [2.24, 2.45) is 5.92 Å². The Morgan fingerprint density at radius 2 is 2.07 bits per heavy atom. The average molecular weight is 198 g/mol. The molecule has 1 aliphatic carbocycles. The first-order valence-electron chi connectivity index (χ1n) is 5.17. The summed E-state index contributed by atoms with van der Waals surface area (Å²) >= 11 is 0. The third-order valence-corrected chi connectivity index (χ3v) is 2.66. The molecule has 80 valence electrons. The van der Waals surface area contributed by atoms with Gasteiger partial charge in [0.2, 0.25) is 0 Å². The van der Waals surface area contributed by atoms with E-state index < -0.39 is 5.97 Å². The highest BCUT2D eigenvalue weighted by molar-refractivity contribution is 5.86. The van der Waals surface area contributed by atoms with E-state index in [1.165, 1.54) is 26.4 Å². The Kier molecular flexibility index (Phi) is 4.66. The predicted molar refractivity (Wildman–Crippen MR) is 54.2 cm³/mol. The van der Waals surface area contributed by atoms with Crippen molar-refractivity contribution in [2.45, 2.75) is 32.1 Å². The van der Waals surface area contributed by atoms with Crippen LogP contribution >= 0.6 is 0 Å². The smallest absolute Gasteiger partial charge is 0.333 e. The summed E-state index contributed by atoms with van der Waals surface area (Å²) in [6, 6.07) is 0. The molecule has 0 saturated heterocycles. The molecule has 0 radical (unpaired) electrons. The second kappa shape index (κ2) is 5.81. The van der Waals surface area contributed by atoms with Gasteiger partial charge in [0, 0.05) is 7.11 Å². The first kappa shape index (κ1) is 11.2. The van der Waals surface area contributed by atoms with Crippen molar-refractivity contribution in [2.75, 3.05) is 13.7 Å². The molecule has 0 unspecified atom stereocenters. The van der Waals surface area contributed by atoms with Crippen LogP contribution in [0.2, 0.25) is 0 Å². The Hall–Kier alpha value is -0.830. The highest BCUT2D eigenvalue weighted by Gasteiger charge is 2.14. The van der Waals surface area contributed by atoms with E-state index >= 15 is 0 Å². The van der Waals surface area contributed by atoms with Crippen LogP contribution in [-0.2, 0) is 9.53 Å². The van der Waals surface area contributed by atoms with Crippen LogP contribution < -0.4 is 0 Å². The normalized spacial score (nSPS) is 19.6. The summed E-state index contributed by atoms with van der Waals surface area (Å²) in [5.41, 5.74) is 0.402. The molecule has 0 aromatic carbocycles. The molecule has 3 heteroatoms. The first-order chi connectivity index (χ1) is 6.74. The molecule has 14 heavy (non-hydrogen) atoms. The number of methoxy groups -OCH3 is 1. The van der Waals surface area contributed by atoms with Crippen molar-refractivity contribution in [3.05, 3.63) is 11.6 Å². The highest BCUT2D eigenvalue weighted by atomic mass is 16.5. The summed E-state index contributed by atoms with van der Waals surface area (Å²) < 4.78 is 4.86. The van der Waals surface area contributed by atoms with E-state index in [2.05, 4.69) is 0 Å². The average Bonchev–Trinajstić information content (AvgIpc) is 2.18. The van der Waals surface area contributed by atoms with E-state index in [1.807, 2.05) is 6.08 Å². The van der Waals surface area contributed by atoms with Crippen LogP contribution in [0.5, 0.6) is 0 Å². The second-order valence-corrected chi connectivity index (χ2v) is 3.83. The fraction of sp³-hybridized carbons (Fsp3) is 0.727.